The van der Waals surface area contributed by atoms with Crippen molar-refractivity contribution in [2.75, 3.05) is 5.73 Å². The van der Waals surface area contributed by atoms with Gasteiger partial charge in [0.25, 0.3) is 15.9 Å². The molecule has 2 aromatic heterocycles. The van der Waals surface area contributed by atoms with Crippen molar-refractivity contribution in [2.24, 2.45) is 0 Å². The van der Waals surface area contributed by atoms with Crippen LogP contribution in [0.4, 0.5) is 5.82 Å². The molecule has 0 spiro atoms. The molecule has 0 aliphatic heterocycles. The molecule has 1 fully saturated rings. The molecule has 0 radical (unpaired) electrons. The van der Waals surface area contributed by atoms with E-state index in [1.54, 1.807) is 12.1 Å². The highest BCUT2D eigenvalue weighted by Gasteiger charge is 2.28. The van der Waals surface area contributed by atoms with Gasteiger partial charge in [0.15, 0.2) is 5.03 Å². The molecule has 3 N–H and O–H groups in total. The van der Waals surface area contributed by atoms with Gasteiger partial charge in [0, 0.05) is 11.1 Å². The summed E-state index contributed by atoms with van der Waals surface area (Å²) in [5.74, 6) is -0.641. The van der Waals surface area contributed by atoms with Gasteiger partial charge in [0.1, 0.15) is 17.5 Å². The predicted molar refractivity (Wildman–Crippen MR) is 105 cm³/mol. The largest absolute Gasteiger partial charge is 0.474 e. The zero-order valence-electron chi connectivity index (χ0n) is 16.1. The van der Waals surface area contributed by atoms with E-state index in [4.69, 9.17) is 10.5 Å². The monoisotopic (exact) mass is 404 g/mol. The van der Waals surface area contributed by atoms with Crippen LogP contribution in [0.1, 0.15) is 56.1 Å². The molecule has 1 amide bonds. The van der Waals surface area contributed by atoms with E-state index in [1.165, 1.54) is 18.2 Å². The van der Waals surface area contributed by atoms with E-state index in [9.17, 15) is 13.2 Å². The van der Waals surface area contributed by atoms with Gasteiger partial charge < -0.3 is 10.5 Å². The van der Waals surface area contributed by atoms with Gasteiger partial charge in [-0.25, -0.2) is 14.7 Å². The van der Waals surface area contributed by atoms with Crippen LogP contribution < -0.4 is 15.2 Å². The Hall–Kier alpha value is -2.68. The lowest BCUT2D eigenvalue weighted by Gasteiger charge is -2.27. The van der Waals surface area contributed by atoms with Crippen molar-refractivity contribution in [3.8, 4) is 5.88 Å². The van der Waals surface area contributed by atoms with Gasteiger partial charge in [0.2, 0.25) is 5.88 Å². The van der Waals surface area contributed by atoms with Crippen molar-refractivity contribution in [1.82, 2.24) is 14.7 Å². The molecule has 0 unspecified atom stereocenters. The summed E-state index contributed by atoms with van der Waals surface area (Å²) in [6, 6.07) is 7.42. The quantitative estimate of drug-likeness (QED) is 0.784. The van der Waals surface area contributed by atoms with Crippen molar-refractivity contribution < 1.29 is 17.9 Å². The average molecular weight is 404 g/mol. The highest BCUT2D eigenvalue weighted by atomic mass is 32.2. The van der Waals surface area contributed by atoms with Gasteiger partial charge in [-0.1, -0.05) is 26.8 Å². The van der Waals surface area contributed by atoms with Gasteiger partial charge in [-0.2, -0.15) is 8.42 Å². The molecule has 1 saturated carbocycles. The molecule has 9 heteroatoms. The number of rotatable bonds is 5. The number of sulfonamides is 1. The third kappa shape index (κ3) is 4.41. The number of anilines is 1. The van der Waals surface area contributed by atoms with Crippen LogP contribution in [0.2, 0.25) is 0 Å². The molecule has 1 aliphatic rings. The first-order valence-corrected chi connectivity index (χ1v) is 10.5. The molecule has 0 saturated heterocycles. The van der Waals surface area contributed by atoms with E-state index in [2.05, 4.69) is 9.97 Å². The predicted octanol–water partition coefficient (Wildman–Crippen LogP) is 2.41. The lowest BCUT2D eigenvalue weighted by atomic mass is 9.91. The molecule has 8 nitrogen and oxygen atoms in total. The van der Waals surface area contributed by atoms with Gasteiger partial charge in [-0.05, 0) is 43.5 Å². The first kappa shape index (κ1) is 20.1. The van der Waals surface area contributed by atoms with Crippen LogP contribution in [-0.4, -0.2) is 30.4 Å². The second kappa shape index (κ2) is 7.38. The Balaban J connectivity index is 1.91. The van der Waals surface area contributed by atoms with Gasteiger partial charge in [-0.3, -0.25) is 4.79 Å². The van der Waals surface area contributed by atoms with Crippen LogP contribution in [-0.2, 0) is 15.4 Å². The standard InChI is InChI=1S/C19H24N4O4S/c1-19(2,3)14-11-10-13(18(21-14)27-12-6-4-7-12)17(24)23-28(25,26)16-9-5-8-15(20)22-16/h5,8-12H,4,6-7H2,1-3H3,(H2,20,22)(H,23,24). The third-order valence-corrected chi connectivity index (χ3v) is 5.68. The SMILES string of the molecule is CC(C)(C)c1ccc(C(=O)NS(=O)(=O)c2cccc(N)n2)c(OC2CCC2)n1. The van der Waals surface area contributed by atoms with Crippen LogP contribution in [0.3, 0.4) is 0 Å². The maximum Gasteiger partial charge on any atom is 0.281 e. The van der Waals surface area contributed by atoms with Crippen molar-refractivity contribution in [3.63, 3.8) is 0 Å². The zero-order chi connectivity index (χ0) is 20.5. The Morgan fingerprint density at radius 3 is 2.46 bits per heavy atom. The third-order valence-electron chi connectivity index (χ3n) is 4.45. The van der Waals surface area contributed by atoms with Crippen molar-refractivity contribution in [2.45, 2.75) is 56.6 Å². The highest BCUT2D eigenvalue weighted by Crippen LogP contribution is 2.29. The summed E-state index contributed by atoms with van der Waals surface area (Å²) in [7, 11) is -4.18. The van der Waals surface area contributed by atoms with Crippen LogP contribution >= 0.6 is 0 Å². The van der Waals surface area contributed by atoms with Crippen LogP contribution in [0, 0.1) is 0 Å². The van der Waals surface area contributed by atoms with Crippen LogP contribution in [0.15, 0.2) is 35.4 Å². The van der Waals surface area contributed by atoms with Gasteiger partial charge >= 0.3 is 0 Å². The van der Waals surface area contributed by atoms with Crippen molar-refractivity contribution >= 4 is 21.7 Å². The minimum Gasteiger partial charge on any atom is -0.474 e. The summed E-state index contributed by atoms with van der Waals surface area (Å²) in [5, 5.41) is -0.332. The lowest BCUT2D eigenvalue weighted by molar-refractivity contribution is 0.0942. The molecule has 0 atom stereocenters. The molecule has 150 valence electrons. The topological polar surface area (TPSA) is 124 Å². The van der Waals surface area contributed by atoms with Crippen LogP contribution in [0.5, 0.6) is 5.88 Å². The summed E-state index contributed by atoms with van der Waals surface area (Å²) in [5.41, 5.74) is 6.10. The summed E-state index contributed by atoms with van der Waals surface area (Å²) in [6.45, 7) is 5.99. The number of nitrogens with one attached hydrogen (secondary N) is 1. The number of aromatic nitrogens is 2. The van der Waals surface area contributed by atoms with Crippen molar-refractivity contribution in [3.05, 3.63) is 41.6 Å². The fourth-order valence-corrected chi connectivity index (χ4v) is 3.52. The molecule has 0 aromatic carbocycles. The number of amides is 1. The maximum atomic E-state index is 12.7. The summed E-state index contributed by atoms with van der Waals surface area (Å²) < 4.78 is 32.9. The number of carbonyl (C=O) groups excluding carboxylic acids is 1. The fourth-order valence-electron chi connectivity index (χ4n) is 2.58. The molecular formula is C19H24N4O4S. The zero-order valence-corrected chi connectivity index (χ0v) is 16.9. The van der Waals surface area contributed by atoms with E-state index >= 15 is 0 Å². The number of nitrogens with zero attached hydrogens (tertiary/aromatic N) is 2. The average Bonchev–Trinajstić information content (AvgIpc) is 2.56. The van der Waals surface area contributed by atoms with Gasteiger partial charge in [-0.15, -0.1) is 0 Å². The molecule has 0 bridgehead atoms. The number of hydrogen-bond donors (Lipinski definition) is 2. The highest BCUT2D eigenvalue weighted by molar-refractivity contribution is 7.90. The van der Waals surface area contributed by atoms with Crippen LogP contribution in [0.25, 0.3) is 0 Å². The second-order valence-corrected chi connectivity index (χ2v) is 9.43. The Labute approximate surface area is 164 Å². The fraction of sp³-hybridized carbons (Fsp3) is 0.421. The lowest BCUT2D eigenvalue weighted by Crippen LogP contribution is -2.33. The number of nitrogens with two attached hydrogens (primary N) is 1. The van der Waals surface area contributed by atoms with E-state index in [-0.39, 0.29) is 33.8 Å². The molecular weight excluding hydrogens is 380 g/mol. The summed E-state index contributed by atoms with van der Waals surface area (Å²) in [4.78, 5) is 21.0. The Morgan fingerprint density at radius 1 is 1.18 bits per heavy atom. The number of pyridine rings is 2. The summed E-state index contributed by atoms with van der Waals surface area (Å²) >= 11 is 0. The number of hydrogen-bond acceptors (Lipinski definition) is 7. The van der Waals surface area contributed by atoms with E-state index in [0.29, 0.717) is 0 Å². The number of carbonyl (C=O) groups is 1. The van der Waals surface area contributed by atoms with E-state index < -0.39 is 15.9 Å². The Bertz CT molecular complexity index is 995. The molecule has 3 rings (SSSR count). The number of nitrogen functional groups attached to an aromatic ring is 1. The number of ether oxygens (including phenoxy) is 1. The molecule has 28 heavy (non-hydrogen) atoms. The minimum absolute atomic E-state index is 0.0125. The molecule has 2 aromatic rings. The normalized spacial score (nSPS) is 15.0. The smallest absolute Gasteiger partial charge is 0.281 e. The maximum absolute atomic E-state index is 12.7. The van der Waals surface area contributed by atoms with E-state index in [0.717, 1.165) is 25.0 Å². The second-order valence-electron chi connectivity index (χ2n) is 7.81. The molecule has 1 aliphatic carbocycles. The first-order chi connectivity index (χ1) is 13.1. The minimum atomic E-state index is -4.18. The molecule has 2 heterocycles. The van der Waals surface area contributed by atoms with E-state index in [1.807, 2.05) is 25.5 Å². The summed E-state index contributed by atoms with van der Waals surface area (Å²) in [6.07, 6.45) is 2.81. The first-order valence-electron chi connectivity index (χ1n) is 9.04. The Morgan fingerprint density at radius 2 is 1.89 bits per heavy atom. The van der Waals surface area contributed by atoms with Gasteiger partial charge in [0.05, 0.1) is 0 Å². The Kier molecular flexibility index (Phi) is 5.29. The van der Waals surface area contributed by atoms with Crippen molar-refractivity contribution in [1.29, 1.82) is 0 Å².